The highest BCUT2D eigenvalue weighted by atomic mass is 16.1. The van der Waals surface area contributed by atoms with E-state index in [-0.39, 0.29) is 5.91 Å². The summed E-state index contributed by atoms with van der Waals surface area (Å²) in [6, 6.07) is 7.14. The molecule has 0 aromatic carbocycles. The molecule has 0 saturated carbocycles. The highest BCUT2D eigenvalue weighted by Crippen LogP contribution is 2.02. The van der Waals surface area contributed by atoms with Gasteiger partial charge in [0, 0.05) is 32.0 Å². The van der Waals surface area contributed by atoms with Crippen molar-refractivity contribution >= 4 is 11.7 Å². The molecule has 116 valence electrons. The molecule has 2 rings (SSSR count). The minimum atomic E-state index is -0.254. The standard InChI is InChI=1S/C15H20N6O/c1-21(2)9-8-17-14-6-5-13(19-20-14)15(22)18-11-12-4-3-7-16-10-12/h3-7,10H,8-9,11H2,1-2H3,(H,17,20)(H,18,22). The van der Waals surface area contributed by atoms with Crippen molar-refractivity contribution < 1.29 is 4.79 Å². The van der Waals surface area contributed by atoms with Gasteiger partial charge < -0.3 is 15.5 Å². The normalized spacial score (nSPS) is 10.5. The predicted molar refractivity (Wildman–Crippen MR) is 84.5 cm³/mol. The Hall–Kier alpha value is -2.54. The molecule has 7 heteroatoms. The third-order valence-corrected chi connectivity index (χ3v) is 2.94. The molecule has 0 aliphatic heterocycles. The van der Waals surface area contributed by atoms with Gasteiger partial charge in [-0.1, -0.05) is 6.07 Å². The quantitative estimate of drug-likeness (QED) is 0.786. The number of nitrogens with one attached hydrogen (secondary N) is 2. The van der Waals surface area contributed by atoms with E-state index in [4.69, 9.17) is 0 Å². The van der Waals surface area contributed by atoms with Crippen LogP contribution in [0.25, 0.3) is 0 Å². The fraction of sp³-hybridized carbons (Fsp3) is 0.333. The first-order valence-corrected chi connectivity index (χ1v) is 7.04. The fourth-order valence-corrected chi connectivity index (χ4v) is 1.73. The van der Waals surface area contributed by atoms with E-state index in [1.165, 1.54) is 0 Å². The SMILES string of the molecule is CN(C)CCNc1ccc(C(=O)NCc2cccnc2)nn1. The molecule has 2 N–H and O–H groups in total. The number of hydrogen-bond donors (Lipinski definition) is 2. The van der Waals surface area contributed by atoms with Gasteiger partial charge in [-0.15, -0.1) is 10.2 Å². The highest BCUT2D eigenvalue weighted by Gasteiger charge is 2.07. The zero-order chi connectivity index (χ0) is 15.8. The molecular formula is C15H20N6O. The number of rotatable bonds is 7. The van der Waals surface area contributed by atoms with Gasteiger partial charge in [0.15, 0.2) is 5.69 Å². The zero-order valence-electron chi connectivity index (χ0n) is 12.8. The summed E-state index contributed by atoms with van der Waals surface area (Å²) in [6.07, 6.45) is 3.41. The number of aromatic nitrogens is 3. The van der Waals surface area contributed by atoms with Crippen molar-refractivity contribution in [2.75, 3.05) is 32.5 Å². The number of anilines is 1. The molecule has 0 fully saturated rings. The molecule has 0 bridgehead atoms. The van der Waals surface area contributed by atoms with E-state index >= 15 is 0 Å². The van der Waals surface area contributed by atoms with Gasteiger partial charge in [0.05, 0.1) is 0 Å². The Morgan fingerprint density at radius 2 is 2.09 bits per heavy atom. The zero-order valence-corrected chi connectivity index (χ0v) is 12.8. The van der Waals surface area contributed by atoms with E-state index in [1.54, 1.807) is 24.5 Å². The Bertz CT molecular complexity index is 585. The lowest BCUT2D eigenvalue weighted by Gasteiger charge is -2.10. The van der Waals surface area contributed by atoms with E-state index in [1.807, 2.05) is 26.2 Å². The van der Waals surface area contributed by atoms with Crippen LogP contribution in [0.3, 0.4) is 0 Å². The summed E-state index contributed by atoms with van der Waals surface area (Å²) in [5.74, 6) is 0.404. The van der Waals surface area contributed by atoms with Crippen molar-refractivity contribution in [3.05, 3.63) is 47.9 Å². The average Bonchev–Trinajstić information content (AvgIpc) is 2.54. The van der Waals surface area contributed by atoms with Crippen LogP contribution in [0, 0.1) is 0 Å². The van der Waals surface area contributed by atoms with Crippen LogP contribution in [0.4, 0.5) is 5.82 Å². The minimum Gasteiger partial charge on any atom is -0.367 e. The summed E-state index contributed by atoms with van der Waals surface area (Å²) in [5.41, 5.74) is 1.23. The number of carbonyl (C=O) groups excluding carboxylic acids is 1. The summed E-state index contributed by atoms with van der Waals surface area (Å²) in [5, 5.41) is 13.9. The van der Waals surface area contributed by atoms with E-state index < -0.39 is 0 Å². The van der Waals surface area contributed by atoms with Gasteiger partial charge in [-0.25, -0.2) is 0 Å². The molecule has 0 aliphatic carbocycles. The largest absolute Gasteiger partial charge is 0.367 e. The average molecular weight is 300 g/mol. The first kappa shape index (κ1) is 15.8. The Labute approximate surface area is 129 Å². The van der Waals surface area contributed by atoms with Gasteiger partial charge in [0.1, 0.15) is 5.82 Å². The number of amides is 1. The maximum Gasteiger partial charge on any atom is 0.272 e. The van der Waals surface area contributed by atoms with E-state index in [9.17, 15) is 4.79 Å². The van der Waals surface area contributed by atoms with Crippen LogP contribution in [0.15, 0.2) is 36.7 Å². The Balaban J connectivity index is 1.83. The van der Waals surface area contributed by atoms with Crippen molar-refractivity contribution in [1.29, 1.82) is 0 Å². The summed E-state index contributed by atoms with van der Waals surface area (Å²) >= 11 is 0. The number of pyridine rings is 1. The molecule has 0 spiro atoms. The van der Waals surface area contributed by atoms with Crippen molar-refractivity contribution in [2.45, 2.75) is 6.54 Å². The number of nitrogens with zero attached hydrogens (tertiary/aromatic N) is 4. The lowest BCUT2D eigenvalue weighted by Crippen LogP contribution is -2.24. The maximum absolute atomic E-state index is 12.0. The Morgan fingerprint density at radius 3 is 2.73 bits per heavy atom. The van der Waals surface area contributed by atoms with Crippen molar-refractivity contribution in [3.63, 3.8) is 0 Å². The molecule has 7 nitrogen and oxygen atoms in total. The van der Waals surface area contributed by atoms with Crippen LogP contribution in [-0.4, -0.2) is 53.2 Å². The van der Waals surface area contributed by atoms with Gasteiger partial charge in [0.2, 0.25) is 0 Å². The van der Waals surface area contributed by atoms with Gasteiger partial charge >= 0.3 is 0 Å². The summed E-state index contributed by atoms with van der Waals surface area (Å²) in [4.78, 5) is 18.0. The molecule has 0 saturated heterocycles. The minimum absolute atomic E-state index is 0.254. The first-order valence-electron chi connectivity index (χ1n) is 7.04. The maximum atomic E-state index is 12.0. The van der Waals surface area contributed by atoms with Crippen LogP contribution < -0.4 is 10.6 Å². The van der Waals surface area contributed by atoms with Crippen LogP contribution in [-0.2, 0) is 6.54 Å². The smallest absolute Gasteiger partial charge is 0.272 e. The van der Waals surface area contributed by atoms with Crippen molar-refractivity contribution in [3.8, 4) is 0 Å². The molecular weight excluding hydrogens is 280 g/mol. The summed E-state index contributed by atoms with van der Waals surface area (Å²) in [7, 11) is 4.01. The number of likely N-dealkylation sites (N-methyl/N-ethyl adjacent to an activating group) is 1. The number of carbonyl (C=O) groups is 1. The second kappa shape index (κ2) is 8.04. The molecule has 2 aromatic rings. The number of hydrogen-bond acceptors (Lipinski definition) is 6. The van der Waals surface area contributed by atoms with Gasteiger partial charge in [-0.05, 0) is 37.9 Å². The van der Waals surface area contributed by atoms with E-state index in [0.29, 0.717) is 18.1 Å². The van der Waals surface area contributed by atoms with Crippen molar-refractivity contribution in [1.82, 2.24) is 25.4 Å². The molecule has 1 amide bonds. The predicted octanol–water partition coefficient (Wildman–Crippen LogP) is 0.775. The summed E-state index contributed by atoms with van der Waals surface area (Å²) in [6.45, 7) is 2.08. The van der Waals surface area contributed by atoms with E-state index in [0.717, 1.165) is 18.7 Å². The Morgan fingerprint density at radius 1 is 1.23 bits per heavy atom. The molecule has 0 atom stereocenters. The van der Waals surface area contributed by atoms with Gasteiger partial charge in [-0.2, -0.15) is 0 Å². The summed E-state index contributed by atoms with van der Waals surface area (Å²) < 4.78 is 0. The first-order chi connectivity index (χ1) is 10.6. The van der Waals surface area contributed by atoms with Crippen LogP contribution in [0.5, 0.6) is 0 Å². The molecule has 0 unspecified atom stereocenters. The molecule has 0 radical (unpaired) electrons. The van der Waals surface area contributed by atoms with Gasteiger partial charge in [-0.3, -0.25) is 9.78 Å². The van der Waals surface area contributed by atoms with Gasteiger partial charge in [0.25, 0.3) is 5.91 Å². The van der Waals surface area contributed by atoms with Crippen molar-refractivity contribution in [2.24, 2.45) is 0 Å². The molecule has 2 aromatic heterocycles. The molecule has 2 heterocycles. The van der Waals surface area contributed by atoms with Crippen LogP contribution in [0.1, 0.15) is 16.1 Å². The Kier molecular flexibility index (Phi) is 5.79. The monoisotopic (exact) mass is 300 g/mol. The fourth-order valence-electron chi connectivity index (χ4n) is 1.73. The second-order valence-electron chi connectivity index (χ2n) is 5.08. The lowest BCUT2D eigenvalue weighted by molar-refractivity contribution is 0.0945. The molecule has 22 heavy (non-hydrogen) atoms. The third-order valence-electron chi connectivity index (χ3n) is 2.94. The highest BCUT2D eigenvalue weighted by molar-refractivity contribution is 5.92. The van der Waals surface area contributed by atoms with E-state index in [2.05, 4.69) is 30.7 Å². The third kappa shape index (κ3) is 5.10. The lowest BCUT2D eigenvalue weighted by atomic mass is 10.3. The van der Waals surface area contributed by atoms with Crippen LogP contribution >= 0.6 is 0 Å². The second-order valence-corrected chi connectivity index (χ2v) is 5.08. The van der Waals surface area contributed by atoms with Crippen LogP contribution in [0.2, 0.25) is 0 Å². The molecule has 0 aliphatic rings. The topological polar surface area (TPSA) is 83.0 Å².